The molecule has 2 aromatic carbocycles. The van der Waals surface area contributed by atoms with Gasteiger partial charge in [-0.05, 0) is 42.5 Å². The number of carbonyl (C=O) groups excluding carboxylic acids is 1. The van der Waals surface area contributed by atoms with E-state index in [9.17, 15) is 9.18 Å². The molecule has 3 rings (SSSR count). The third kappa shape index (κ3) is 3.52. The highest BCUT2D eigenvalue weighted by Crippen LogP contribution is 2.19. The number of benzene rings is 2. The van der Waals surface area contributed by atoms with Crippen LogP contribution in [0.1, 0.15) is 16.2 Å². The van der Waals surface area contributed by atoms with E-state index in [4.69, 9.17) is 21.9 Å². The fourth-order valence-corrected chi connectivity index (χ4v) is 2.17. The van der Waals surface area contributed by atoms with E-state index in [1.807, 2.05) is 0 Å². The summed E-state index contributed by atoms with van der Waals surface area (Å²) in [5.74, 6) is -0.736. The number of nitrogens with one attached hydrogen (secondary N) is 1. The van der Waals surface area contributed by atoms with Crippen LogP contribution in [0.4, 0.5) is 10.1 Å². The number of carbonyl (C=O) groups is 1. The average Bonchev–Trinajstić information content (AvgIpc) is 3.03. The van der Waals surface area contributed by atoms with Crippen molar-refractivity contribution < 1.29 is 13.7 Å². The maximum absolute atomic E-state index is 13.4. The molecule has 24 heavy (non-hydrogen) atoms. The fraction of sp³-hybridized carbons (Fsp3) is 0.0625. The Morgan fingerprint density at radius 1 is 1.25 bits per heavy atom. The standard InChI is InChI=1S/C16H12ClFN4O2/c17-10-3-1-9(2-4-10)16-21-14(24-22-16)8-20-11-5-6-13(18)12(7-11)15(19)23/h1-7,20H,8H2,(H2,19,23). The van der Waals surface area contributed by atoms with E-state index in [0.29, 0.717) is 22.4 Å². The molecule has 0 saturated carbocycles. The maximum atomic E-state index is 13.4. The van der Waals surface area contributed by atoms with Gasteiger partial charge in [-0.2, -0.15) is 4.98 Å². The summed E-state index contributed by atoms with van der Waals surface area (Å²) in [6.45, 7) is 0.213. The molecule has 0 aliphatic carbocycles. The summed E-state index contributed by atoms with van der Waals surface area (Å²) < 4.78 is 18.6. The van der Waals surface area contributed by atoms with Crippen LogP contribution in [0, 0.1) is 5.82 Å². The lowest BCUT2D eigenvalue weighted by Crippen LogP contribution is -2.13. The summed E-state index contributed by atoms with van der Waals surface area (Å²) in [6, 6.07) is 11.0. The van der Waals surface area contributed by atoms with Gasteiger partial charge in [0.05, 0.1) is 12.1 Å². The third-order valence-corrected chi connectivity index (χ3v) is 3.50. The van der Waals surface area contributed by atoms with Gasteiger partial charge >= 0.3 is 0 Å². The molecule has 0 radical (unpaired) electrons. The number of aromatic nitrogens is 2. The lowest BCUT2D eigenvalue weighted by atomic mass is 10.2. The predicted molar refractivity (Wildman–Crippen MR) is 87.0 cm³/mol. The molecule has 0 unspecified atom stereocenters. The Bertz CT molecular complexity index is 880. The second-order valence-corrected chi connectivity index (χ2v) is 5.37. The second kappa shape index (κ2) is 6.67. The van der Waals surface area contributed by atoms with Crippen LogP contribution in [0.25, 0.3) is 11.4 Å². The van der Waals surface area contributed by atoms with Crippen LogP contribution >= 0.6 is 11.6 Å². The molecule has 0 aliphatic rings. The molecule has 1 aromatic heterocycles. The quantitative estimate of drug-likeness (QED) is 0.739. The summed E-state index contributed by atoms with van der Waals surface area (Å²) >= 11 is 5.83. The van der Waals surface area contributed by atoms with Crippen molar-refractivity contribution in [1.29, 1.82) is 0 Å². The van der Waals surface area contributed by atoms with Gasteiger partial charge in [-0.3, -0.25) is 4.79 Å². The topological polar surface area (TPSA) is 94.0 Å². The minimum atomic E-state index is -0.834. The molecule has 8 heteroatoms. The summed E-state index contributed by atoms with van der Waals surface area (Å²) in [6.07, 6.45) is 0. The molecular weight excluding hydrogens is 335 g/mol. The second-order valence-electron chi connectivity index (χ2n) is 4.93. The van der Waals surface area contributed by atoms with Gasteiger partial charge in [0.2, 0.25) is 11.7 Å². The number of hydrogen-bond acceptors (Lipinski definition) is 5. The Kier molecular flexibility index (Phi) is 4.43. The predicted octanol–water partition coefficient (Wildman–Crippen LogP) is 3.24. The molecule has 3 N–H and O–H groups in total. The number of rotatable bonds is 5. The third-order valence-electron chi connectivity index (χ3n) is 3.25. The molecule has 0 spiro atoms. The Morgan fingerprint density at radius 2 is 2.00 bits per heavy atom. The van der Waals surface area contributed by atoms with Crippen LogP contribution in [0.3, 0.4) is 0 Å². The normalized spacial score (nSPS) is 10.6. The highest BCUT2D eigenvalue weighted by molar-refractivity contribution is 6.30. The van der Waals surface area contributed by atoms with Crippen molar-refractivity contribution >= 4 is 23.2 Å². The van der Waals surface area contributed by atoms with Crippen molar-refractivity contribution in [3.8, 4) is 11.4 Å². The number of halogens is 2. The molecule has 6 nitrogen and oxygen atoms in total. The zero-order chi connectivity index (χ0) is 17.1. The van der Waals surface area contributed by atoms with E-state index in [1.165, 1.54) is 12.1 Å². The minimum Gasteiger partial charge on any atom is -0.376 e. The fourth-order valence-electron chi connectivity index (χ4n) is 2.04. The Balaban J connectivity index is 1.71. The van der Waals surface area contributed by atoms with Crippen molar-refractivity contribution in [2.45, 2.75) is 6.54 Å². The van der Waals surface area contributed by atoms with E-state index in [0.717, 1.165) is 11.6 Å². The van der Waals surface area contributed by atoms with Gasteiger partial charge in [-0.15, -0.1) is 0 Å². The van der Waals surface area contributed by atoms with Crippen LogP contribution in [0.2, 0.25) is 5.02 Å². The highest BCUT2D eigenvalue weighted by Gasteiger charge is 2.11. The number of anilines is 1. The van der Waals surface area contributed by atoms with Gasteiger partial charge < -0.3 is 15.6 Å². The minimum absolute atomic E-state index is 0.188. The van der Waals surface area contributed by atoms with Crippen LogP contribution in [-0.4, -0.2) is 16.0 Å². The van der Waals surface area contributed by atoms with E-state index in [2.05, 4.69) is 15.5 Å². The number of nitrogens with zero attached hydrogens (tertiary/aromatic N) is 2. The van der Waals surface area contributed by atoms with E-state index >= 15 is 0 Å². The summed E-state index contributed by atoms with van der Waals surface area (Å²) in [7, 11) is 0. The van der Waals surface area contributed by atoms with E-state index in [-0.39, 0.29) is 12.1 Å². The van der Waals surface area contributed by atoms with Crippen LogP contribution in [0.15, 0.2) is 47.0 Å². The van der Waals surface area contributed by atoms with Crippen molar-refractivity contribution in [2.24, 2.45) is 5.73 Å². The van der Waals surface area contributed by atoms with Crippen LogP contribution in [-0.2, 0) is 6.54 Å². The lowest BCUT2D eigenvalue weighted by Gasteiger charge is -2.05. The molecule has 0 aliphatic heterocycles. The van der Waals surface area contributed by atoms with Gasteiger partial charge in [-0.1, -0.05) is 16.8 Å². The van der Waals surface area contributed by atoms with Gasteiger partial charge in [0.25, 0.3) is 5.91 Å². The Labute approximate surface area is 141 Å². The number of nitrogens with two attached hydrogens (primary N) is 1. The average molecular weight is 347 g/mol. The van der Waals surface area contributed by atoms with Gasteiger partial charge in [0.1, 0.15) is 5.82 Å². The van der Waals surface area contributed by atoms with E-state index in [1.54, 1.807) is 24.3 Å². The molecular formula is C16H12ClFN4O2. The first kappa shape index (κ1) is 15.9. The highest BCUT2D eigenvalue weighted by atomic mass is 35.5. The monoisotopic (exact) mass is 346 g/mol. The molecule has 0 bridgehead atoms. The number of primary amides is 1. The van der Waals surface area contributed by atoms with Gasteiger partial charge in [0.15, 0.2) is 0 Å². The van der Waals surface area contributed by atoms with Gasteiger partial charge in [-0.25, -0.2) is 4.39 Å². The first-order valence-electron chi connectivity index (χ1n) is 6.94. The zero-order valence-corrected chi connectivity index (χ0v) is 13.0. The smallest absolute Gasteiger partial charge is 0.251 e. The number of hydrogen-bond donors (Lipinski definition) is 2. The Hall–Kier alpha value is -2.93. The van der Waals surface area contributed by atoms with Crippen molar-refractivity contribution in [3.63, 3.8) is 0 Å². The molecule has 122 valence electrons. The lowest BCUT2D eigenvalue weighted by molar-refractivity contribution is 0.0996. The van der Waals surface area contributed by atoms with Crippen LogP contribution < -0.4 is 11.1 Å². The summed E-state index contributed by atoms with van der Waals surface area (Å²) in [5, 5.41) is 7.47. The first-order valence-corrected chi connectivity index (χ1v) is 7.32. The molecule has 1 heterocycles. The maximum Gasteiger partial charge on any atom is 0.251 e. The van der Waals surface area contributed by atoms with Crippen molar-refractivity contribution in [2.75, 3.05) is 5.32 Å². The number of amides is 1. The van der Waals surface area contributed by atoms with Crippen molar-refractivity contribution in [3.05, 3.63) is 64.8 Å². The summed E-state index contributed by atoms with van der Waals surface area (Å²) in [5.41, 5.74) is 6.21. The van der Waals surface area contributed by atoms with Gasteiger partial charge in [0, 0.05) is 16.3 Å². The summed E-state index contributed by atoms with van der Waals surface area (Å²) in [4.78, 5) is 15.4. The molecule has 3 aromatic rings. The van der Waals surface area contributed by atoms with Crippen LogP contribution in [0.5, 0.6) is 0 Å². The molecule has 1 amide bonds. The molecule has 0 saturated heterocycles. The molecule has 0 fully saturated rings. The van der Waals surface area contributed by atoms with Crippen molar-refractivity contribution in [1.82, 2.24) is 10.1 Å². The largest absolute Gasteiger partial charge is 0.376 e. The first-order chi connectivity index (χ1) is 11.5. The Morgan fingerprint density at radius 3 is 2.71 bits per heavy atom. The SMILES string of the molecule is NC(=O)c1cc(NCc2nc(-c3ccc(Cl)cc3)no2)ccc1F. The van der Waals surface area contributed by atoms with E-state index < -0.39 is 11.7 Å². The zero-order valence-electron chi connectivity index (χ0n) is 12.3. The molecule has 0 atom stereocenters.